The van der Waals surface area contributed by atoms with Gasteiger partial charge in [0.2, 0.25) is 0 Å². The Kier molecular flexibility index (Phi) is 4.26. The van der Waals surface area contributed by atoms with Crippen molar-refractivity contribution in [2.45, 2.75) is 12.5 Å². The molecular weight excluding hydrogens is 262 g/mol. The van der Waals surface area contributed by atoms with Crippen LogP contribution >= 0.6 is 0 Å². The molecule has 1 saturated heterocycles. The van der Waals surface area contributed by atoms with Gasteiger partial charge in [0.05, 0.1) is 5.56 Å². The number of aromatic nitrogens is 1. The molecule has 0 spiro atoms. The third-order valence-electron chi connectivity index (χ3n) is 3.78. The first kappa shape index (κ1) is 13.8. The van der Waals surface area contributed by atoms with Crippen molar-refractivity contribution in [2.75, 3.05) is 19.6 Å². The first-order valence-corrected chi connectivity index (χ1v) is 7.29. The van der Waals surface area contributed by atoms with E-state index in [1.54, 1.807) is 18.5 Å². The molecule has 1 aliphatic rings. The fourth-order valence-corrected chi connectivity index (χ4v) is 2.72. The Morgan fingerprint density at radius 2 is 2.10 bits per heavy atom. The van der Waals surface area contributed by atoms with Gasteiger partial charge in [-0.05, 0) is 24.1 Å². The lowest BCUT2D eigenvalue weighted by Crippen LogP contribution is -2.53. The summed E-state index contributed by atoms with van der Waals surface area (Å²) in [5, 5.41) is 3.49. The van der Waals surface area contributed by atoms with E-state index in [2.05, 4.69) is 34.6 Å². The number of carbonyl (C=O) groups excluding carboxylic acids is 1. The number of benzene rings is 1. The monoisotopic (exact) mass is 281 g/mol. The maximum absolute atomic E-state index is 12.5. The summed E-state index contributed by atoms with van der Waals surface area (Å²) in [4.78, 5) is 18.4. The van der Waals surface area contributed by atoms with Crippen LogP contribution in [0.3, 0.4) is 0 Å². The number of nitrogens with one attached hydrogen (secondary N) is 1. The van der Waals surface area contributed by atoms with Gasteiger partial charge in [0.15, 0.2) is 0 Å². The molecule has 21 heavy (non-hydrogen) atoms. The number of amides is 1. The fourth-order valence-electron chi connectivity index (χ4n) is 2.72. The molecule has 1 unspecified atom stereocenters. The van der Waals surface area contributed by atoms with Gasteiger partial charge in [-0.3, -0.25) is 9.78 Å². The van der Waals surface area contributed by atoms with Crippen molar-refractivity contribution in [2.24, 2.45) is 0 Å². The molecule has 4 nitrogen and oxygen atoms in total. The number of piperazine rings is 1. The second kappa shape index (κ2) is 6.50. The molecular formula is C17H19N3O. The zero-order chi connectivity index (χ0) is 14.5. The Hall–Kier alpha value is -2.20. The largest absolute Gasteiger partial charge is 0.336 e. The van der Waals surface area contributed by atoms with Crippen molar-refractivity contribution in [3.63, 3.8) is 0 Å². The average molecular weight is 281 g/mol. The second-order valence-electron chi connectivity index (χ2n) is 5.33. The SMILES string of the molecule is O=C(c1cccnc1)N1CCNC(Cc2ccccc2)C1. The molecule has 3 rings (SSSR count). The highest BCUT2D eigenvalue weighted by Gasteiger charge is 2.24. The molecule has 1 amide bonds. The Bertz CT molecular complexity index is 585. The van der Waals surface area contributed by atoms with Crippen molar-refractivity contribution >= 4 is 5.91 Å². The van der Waals surface area contributed by atoms with E-state index in [9.17, 15) is 4.79 Å². The zero-order valence-corrected chi connectivity index (χ0v) is 11.9. The Morgan fingerprint density at radius 3 is 2.86 bits per heavy atom. The lowest BCUT2D eigenvalue weighted by Gasteiger charge is -2.34. The molecule has 1 fully saturated rings. The van der Waals surface area contributed by atoms with E-state index in [0.29, 0.717) is 11.6 Å². The molecule has 1 aliphatic heterocycles. The molecule has 2 aromatic rings. The van der Waals surface area contributed by atoms with Crippen LogP contribution in [0.25, 0.3) is 0 Å². The summed E-state index contributed by atoms with van der Waals surface area (Å²) >= 11 is 0. The molecule has 0 saturated carbocycles. The highest BCUT2D eigenvalue weighted by atomic mass is 16.2. The number of hydrogen-bond donors (Lipinski definition) is 1. The van der Waals surface area contributed by atoms with Gasteiger partial charge in [0, 0.05) is 38.1 Å². The number of hydrogen-bond acceptors (Lipinski definition) is 3. The van der Waals surface area contributed by atoms with Gasteiger partial charge < -0.3 is 10.2 Å². The average Bonchev–Trinajstić information content (AvgIpc) is 2.56. The number of pyridine rings is 1. The van der Waals surface area contributed by atoms with Crippen molar-refractivity contribution in [1.29, 1.82) is 0 Å². The summed E-state index contributed by atoms with van der Waals surface area (Å²) in [7, 11) is 0. The molecule has 108 valence electrons. The molecule has 1 N–H and O–H groups in total. The lowest BCUT2D eigenvalue weighted by atomic mass is 10.0. The van der Waals surface area contributed by atoms with E-state index in [4.69, 9.17) is 0 Å². The summed E-state index contributed by atoms with van der Waals surface area (Å²) in [6.07, 6.45) is 4.26. The van der Waals surface area contributed by atoms with Crippen LogP contribution in [-0.2, 0) is 6.42 Å². The summed E-state index contributed by atoms with van der Waals surface area (Å²) in [5.74, 6) is 0.0719. The minimum absolute atomic E-state index is 0.0719. The molecule has 0 radical (unpaired) electrons. The summed E-state index contributed by atoms with van der Waals surface area (Å²) in [5.41, 5.74) is 1.96. The predicted molar refractivity (Wildman–Crippen MR) is 82.1 cm³/mol. The first-order valence-electron chi connectivity index (χ1n) is 7.29. The molecule has 1 aromatic carbocycles. The van der Waals surface area contributed by atoms with Gasteiger partial charge in [-0.25, -0.2) is 0 Å². The Balaban J connectivity index is 1.64. The lowest BCUT2D eigenvalue weighted by molar-refractivity contribution is 0.0702. The number of nitrogens with zero attached hydrogens (tertiary/aromatic N) is 2. The molecule has 0 bridgehead atoms. The maximum Gasteiger partial charge on any atom is 0.255 e. The van der Waals surface area contributed by atoms with Gasteiger partial charge >= 0.3 is 0 Å². The van der Waals surface area contributed by atoms with E-state index in [1.807, 2.05) is 17.0 Å². The third kappa shape index (κ3) is 3.47. The molecule has 0 aliphatic carbocycles. The van der Waals surface area contributed by atoms with Crippen LogP contribution in [0.4, 0.5) is 0 Å². The minimum Gasteiger partial charge on any atom is -0.336 e. The summed E-state index contributed by atoms with van der Waals surface area (Å²) < 4.78 is 0. The van der Waals surface area contributed by atoms with Crippen LogP contribution in [0.15, 0.2) is 54.9 Å². The Morgan fingerprint density at radius 1 is 1.24 bits per heavy atom. The van der Waals surface area contributed by atoms with E-state index in [0.717, 1.165) is 26.1 Å². The highest BCUT2D eigenvalue weighted by Crippen LogP contribution is 2.10. The van der Waals surface area contributed by atoms with Crippen LogP contribution in [0.5, 0.6) is 0 Å². The van der Waals surface area contributed by atoms with Crippen LogP contribution in [0, 0.1) is 0 Å². The minimum atomic E-state index is 0.0719. The van der Waals surface area contributed by atoms with Gasteiger partial charge in [-0.2, -0.15) is 0 Å². The smallest absolute Gasteiger partial charge is 0.255 e. The standard InChI is InChI=1S/C17H19N3O/c21-17(15-7-4-8-18-12-15)20-10-9-19-16(13-20)11-14-5-2-1-3-6-14/h1-8,12,16,19H,9-11,13H2. The van der Waals surface area contributed by atoms with Crippen LogP contribution in [0.2, 0.25) is 0 Å². The topological polar surface area (TPSA) is 45.2 Å². The maximum atomic E-state index is 12.5. The molecule has 1 aromatic heterocycles. The summed E-state index contributed by atoms with van der Waals surface area (Å²) in [6.45, 7) is 2.32. The van der Waals surface area contributed by atoms with Crippen LogP contribution in [-0.4, -0.2) is 41.5 Å². The van der Waals surface area contributed by atoms with Crippen molar-refractivity contribution < 1.29 is 4.79 Å². The fraction of sp³-hybridized carbons (Fsp3) is 0.294. The number of carbonyl (C=O) groups is 1. The van der Waals surface area contributed by atoms with E-state index < -0.39 is 0 Å². The van der Waals surface area contributed by atoms with Gasteiger partial charge in [0.1, 0.15) is 0 Å². The second-order valence-corrected chi connectivity index (χ2v) is 5.33. The van der Waals surface area contributed by atoms with E-state index in [1.165, 1.54) is 5.56 Å². The molecule has 1 atom stereocenters. The third-order valence-corrected chi connectivity index (χ3v) is 3.78. The van der Waals surface area contributed by atoms with Crippen molar-refractivity contribution in [3.05, 3.63) is 66.0 Å². The Labute approximate surface area is 124 Å². The highest BCUT2D eigenvalue weighted by molar-refractivity contribution is 5.94. The summed E-state index contributed by atoms with van der Waals surface area (Å²) in [6, 6.07) is 14.3. The van der Waals surface area contributed by atoms with Crippen LogP contribution < -0.4 is 5.32 Å². The normalized spacial score (nSPS) is 18.5. The van der Waals surface area contributed by atoms with Gasteiger partial charge in [-0.15, -0.1) is 0 Å². The molecule has 2 heterocycles. The predicted octanol–water partition coefficient (Wildman–Crippen LogP) is 1.74. The van der Waals surface area contributed by atoms with Gasteiger partial charge in [-0.1, -0.05) is 30.3 Å². The van der Waals surface area contributed by atoms with Gasteiger partial charge in [0.25, 0.3) is 5.91 Å². The molecule has 4 heteroatoms. The quantitative estimate of drug-likeness (QED) is 0.932. The number of rotatable bonds is 3. The van der Waals surface area contributed by atoms with E-state index >= 15 is 0 Å². The van der Waals surface area contributed by atoms with Crippen molar-refractivity contribution in [3.8, 4) is 0 Å². The first-order chi connectivity index (χ1) is 10.3. The van der Waals surface area contributed by atoms with Crippen LogP contribution in [0.1, 0.15) is 15.9 Å². The zero-order valence-electron chi connectivity index (χ0n) is 11.9. The van der Waals surface area contributed by atoms with Crippen molar-refractivity contribution in [1.82, 2.24) is 15.2 Å². The van der Waals surface area contributed by atoms with E-state index in [-0.39, 0.29) is 5.91 Å².